The first-order valence-electron chi connectivity index (χ1n) is 6.27. The third-order valence-corrected chi connectivity index (χ3v) is 3.47. The van der Waals surface area contributed by atoms with E-state index in [9.17, 15) is 5.11 Å². The maximum absolute atomic E-state index is 9.19. The Hall–Kier alpha value is -1.17. The van der Waals surface area contributed by atoms with Gasteiger partial charge < -0.3 is 15.1 Å². The summed E-state index contributed by atoms with van der Waals surface area (Å²) in [4.78, 5) is 6.42. The van der Waals surface area contributed by atoms with Gasteiger partial charge in [0.15, 0.2) is 0 Å². The minimum absolute atomic E-state index is 0.0866. The molecule has 0 saturated carbocycles. The van der Waals surface area contributed by atoms with E-state index in [-0.39, 0.29) is 13.2 Å². The van der Waals surface area contributed by atoms with Crippen molar-refractivity contribution in [3.05, 3.63) is 34.9 Å². The van der Waals surface area contributed by atoms with Crippen LogP contribution < -0.4 is 4.90 Å². The number of hydrogen-bond donors (Lipinski definition) is 2. The zero-order valence-electron chi connectivity index (χ0n) is 10.6. The van der Waals surface area contributed by atoms with Gasteiger partial charge in [0.1, 0.15) is 0 Å². The molecule has 4 nitrogen and oxygen atoms in total. The lowest BCUT2D eigenvalue weighted by Gasteiger charge is -2.25. The highest BCUT2D eigenvalue weighted by Gasteiger charge is 2.10. The van der Waals surface area contributed by atoms with E-state index in [1.165, 1.54) is 0 Å². The van der Waals surface area contributed by atoms with E-state index >= 15 is 0 Å². The molecule has 1 heterocycles. The molecule has 0 spiro atoms. The van der Waals surface area contributed by atoms with Crippen LogP contribution in [0.3, 0.4) is 0 Å². The minimum Gasteiger partial charge on any atom is -0.396 e. The van der Waals surface area contributed by atoms with E-state index in [0.717, 1.165) is 21.1 Å². The van der Waals surface area contributed by atoms with E-state index in [0.29, 0.717) is 19.5 Å². The molecule has 102 valence electrons. The van der Waals surface area contributed by atoms with Gasteiger partial charge in [-0.25, -0.2) is 0 Å². The predicted octanol–water partition coefficient (Wildman–Crippen LogP) is 2.18. The Balaban J connectivity index is 2.42. The van der Waals surface area contributed by atoms with Crippen LogP contribution in [0.5, 0.6) is 0 Å². The second kappa shape index (κ2) is 6.84. The van der Waals surface area contributed by atoms with Crippen molar-refractivity contribution in [1.82, 2.24) is 4.98 Å². The van der Waals surface area contributed by atoms with Crippen molar-refractivity contribution in [2.75, 3.05) is 31.2 Å². The van der Waals surface area contributed by atoms with Gasteiger partial charge in [-0.3, -0.25) is 4.98 Å². The molecule has 0 saturated heterocycles. The minimum atomic E-state index is 0.0866. The molecule has 2 rings (SSSR count). The maximum atomic E-state index is 9.19. The summed E-state index contributed by atoms with van der Waals surface area (Å²) in [5.74, 6) is 0. The Labute approximate surface area is 120 Å². The smallest absolute Gasteiger partial charge is 0.0723 e. The van der Waals surface area contributed by atoms with Crippen molar-refractivity contribution in [2.45, 2.75) is 6.42 Å². The summed E-state index contributed by atoms with van der Waals surface area (Å²) in [7, 11) is 0. The zero-order chi connectivity index (χ0) is 13.7. The fourth-order valence-electron chi connectivity index (χ4n) is 2.11. The average molecular weight is 325 g/mol. The second-order valence-electron chi connectivity index (χ2n) is 4.28. The Kier molecular flexibility index (Phi) is 5.13. The van der Waals surface area contributed by atoms with Crippen LogP contribution in [0, 0.1) is 0 Å². The van der Waals surface area contributed by atoms with Crippen molar-refractivity contribution < 1.29 is 10.2 Å². The summed E-state index contributed by atoms with van der Waals surface area (Å²) in [5, 5.41) is 19.2. The molecule has 0 aliphatic heterocycles. The molecule has 0 fully saturated rings. The van der Waals surface area contributed by atoms with Crippen LogP contribution in [0.25, 0.3) is 10.9 Å². The summed E-state index contributed by atoms with van der Waals surface area (Å²) in [6.07, 6.45) is 2.45. The Morgan fingerprint density at radius 3 is 2.68 bits per heavy atom. The topological polar surface area (TPSA) is 56.6 Å². The molecule has 0 amide bonds. The van der Waals surface area contributed by atoms with E-state index < -0.39 is 0 Å². The summed E-state index contributed by atoms with van der Waals surface area (Å²) in [6.45, 7) is 1.49. The summed E-state index contributed by atoms with van der Waals surface area (Å²) in [6, 6.07) is 7.90. The molecule has 1 aromatic carbocycles. The van der Waals surface area contributed by atoms with Crippen LogP contribution in [-0.2, 0) is 0 Å². The quantitative estimate of drug-likeness (QED) is 0.855. The zero-order valence-corrected chi connectivity index (χ0v) is 12.2. The normalized spacial score (nSPS) is 10.9. The van der Waals surface area contributed by atoms with Crippen molar-refractivity contribution in [2.24, 2.45) is 0 Å². The summed E-state index contributed by atoms with van der Waals surface area (Å²) in [5.41, 5.74) is 1.96. The summed E-state index contributed by atoms with van der Waals surface area (Å²) >= 11 is 3.47. The molecule has 1 aromatic heterocycles. The van der Waals surface area contributed by atoms with Gasteiger partial charge in [0.25, 0.3) is 0 Å². The standard InChI is InChI=1S/C14H17BrN2O2/c15-11-2-3-13-12(10-11)14(4-5-16-13)17(7-9-19)6-1-8-18/h2-5,10,18-19H,1,6-9H2. The van der Waals surface area contributed by atoms with Crippen LogP contribution in [0.4, 0.5) is 5.69 Å². The van der Waals surface area contributed by atoms with Crippen LogP contribution in [0.2, 0.25) is 0 Å². The lowest BCUT2D eigenvalue weighted by atomic mass is 10.1. The molecular formula is C14H17BrN2O2. The number of nitrogens with zero attached hydrogens (tertiary/aromatic N) is 2. The highest BCUT2D eigenvalue weighted by molar-refractivity contribution is 9.10. The number of aromatic nitrogens is 1. The molecular weight excluding hydrogens is 308 g/mol. The number of anilines is 1. The molecule has 0 unspecified atom stereocenters. The fourth-order valence-corrected chi connectivity index (χ4v) is 2.48. The van der Waals surface area contributed by atoms with Gasteiger partial charge in [-0.1, -0.05) is 15.9 Å². The molecule has 0 radical (unpaired) electrons. The molecule has 0 aliphatic carbocycles. The van der Waals surface area contributed by atoms with Crippen molar-refractivity contribution in [1.29, 1.82) is 0 Å². The number of aliphatic hydroxyl groups excluding tert-OH is 2. The third kappa shape index (κ3) is 3.43. The Bertz CT molecular complexity index is 548. The van der Waals surface area contributed by atoms with Crippen LogP contribution in [-0.4, -0.2) is 41.5 Å². The molecule has 0 atom stereocenters. The number of fused-ring (bicyclic) bond motifs is 1. The second-order valence-corrected chi connectivity index (χ2v) is 5.20. The van der Waals surface area contributed by atoms with E-state index in [1.54, 1.807) is 6.20 Å². The summed E-state index contributed by atoms with van der Waals surface area (Å²) < 4.78 is 1.00. The van der Waals surface area contributed by atoms with Gasteiger partial charge in [-0.05, 0) is 30.7 Å². The lowest BCUT2D eigenvalue weighted by Crippen LogP contribution is -2.28. The van der Waals surface area contributed by atoms with Gasteiger partial charge in [0, 0.05) is 41.4 Å². The largest absolute Gasteiger partial charge is 0.396 e. The molecule has 5 heteroatoms. The van der Waals surface area contributed by atoms with Crippen molar-refractivity contribution in [3.8, 4) is 0 Å². The van der Waals surface area contributed by atoms with Crippen LogP contribution >= 0.6 is 15.9 Å². The molecule has 0 aliphatic rings. The molecule has 19 heavy (non-hydrogen) atoms. The number of halogens is 1. The maximum Gasteiger partial charge on any atom is 0.0723 e. The van der Waals surface area contributed by atoms with Gasteiger partial charge in [0.2, 0.25) is 0 Å². The SMILES string of the molecule is OCCCN(CCO)c1ccnc2ccc(Br)cc12. The van der Waals surface area contributed by atoms with Gasteiger partial charge in [0.05, 0.1) is 12.1 Å². The first kappa shape index (κ1) is 14.2. The van der Waals surface area contributed by atoms with E-state index in [2.05, 4.69) is 25.8 Å². The first-order chi connectivity index (χ1) is 9.26. The first-order valence-corrected chi connectivity index (χ1v) is 7.06. The number of rotatable bonds is 6. The fraction of sp³-hybridized carbons (Fsp3) is 0.357. The Morgan fingerprint density at radius 1 is 1.11 bits per heavy atom. The van der Waals surface area contributed by atoms with Crippen LogP contribution in [0.1, 0.15) is 6.42 Å². The van der Waals surface area contributed by atoms with Gasteiger partial charge in [-0.15, -0.1) is 0 Å². The van der Waals surface area contributed by atoms with Crippen molar-refractivity contribution >= 4 is 32.5 Å². The number of benzene rings is 1. The molecule has 0 bridgehead atoms. The average Bonchev–Trinajstić information content (AvgIpc) is 2.43. The highest BCUT2D eigenvalue weighted by Crippen LogP contribution is 2.28. The third-order valence-electron chi connectivity index (χ3n) is 2.98. The highest BCUT2D eigenvalue weighted by atomic mass is 79.9. The monoisotopic (exact) mass is 324 g/mol. The molecule has 2 N–H and O–H groups in total. The molecule has 2 aromatic rings. The van der Waals surface area contributed by atoms with Gasteiger partial charge in [-0.2, -0.15) is 0 Å². The number of pyridine rings is 1. The number of hydrogen-bond acceptors (Lipinski definition) is 4. The van der Waals surface area contributed by atoms with E-state index in [1.807, 2.05) is 24.3 Å². The van der Waals surface area contributed by atoms with Crippen LogP contribution in [0.15, 0.2) is 34.9 Å². The lowest BCUT2D eigenvalue weighted by molar-refractivity contribution is 0.281. The number of aliphatic hydroxyl groups is 2. The van der Waals surface area contributed by atoms with Gasteiger partial charge >= 0.3 is 0 Å². The Morgan fingerprint density at radius 2 is 1.95 bits per heavy atom. The van der Waals surface area contributed by atoms with Crippen molar-refractivity contribution in [3.63, 3.8) is 0 Å². The predicted molar refractivity (Wildman–Crippen MR) is 80.4 cm³/mol. The van der Waals surface area contributed by atoms with E-state index in [4.69, 9.17) is 5.11 Å².